The zero-order chi connectivity index (χ0) is 15.2. The van der Waals surface area contributed by atoms with Crippen LogP contribution < -0.4 is 10.6 Å². The summed E-state index contributed by atoms with van der Waals surface area (Å²) in [5.41, 5.74) is 3.13. The number of carbonyl (C=O) groups excluding carboxylic acids is 2. The average molecular weight is 309 g/mol. The van der Waals surface area contributed by atoms with Crippen LogP contribution in [0, 0.1) is 13.8 Å². The van der Waals surface area contributed by atoms with Gasteiger partial charge in [0.25, 0.3) is 0 Å². The van der Waals surface area contributed by atoms with Crippen LogP contribution in [0.5, 0.6) is 0 Å². The van der Waals surface area contributed by atoms with Gasteiger partial charge in [-0.05, 0) is 13.8 Å². The summed E-state index contributed by atoms with van der Waals surface area (Å²) in [5.74, 6) is 0.212. The summed E-state index contributed by atoms with van der Waals surface area (Å²) in [6.45, 7) is 3.95. The summed E-state index contributed by atoms with van der Waals surface area (Å²) in [7, 11) is 0. The molecule has 21 heavy (non-hydrogen) atoms. The van der Waals surface area contributed by atoms with Crippen molar-refractivity contribution in [2.24, 2.45) is 0 Å². The SMILES string of the molecule is Cc1noc(C)c1CNC(=O)CCC(=O)Nc1nncs1. The first-order valence-electron chi connectivity index (χ1n) is 6.30. The number of anilines is 1. The molecular weight excluding hydrogens is 294 g/mol. The second kappa shape index (κ2) is 6.93. The maximum atomic E-state index is 11.7. The van der Waals surface area contributed by atoms with Gasteiger partial charge >= 0.3 is 0 Å². The fourth-order valence-corrected chi connectivity index (χ4v) is 2.13. The topological polar surface area (TPSA) is 110 Å². The van der Waals surface area contributed by atoms with E-state index in [0.29, 0.717) is 17.4 Å². The number of nitrogens with zero attached hydrogens (tertiary/aromatic N) is 3. The first-order chi connectivity index (χ1) is 10.1. The molecule has 0 bridgehead atoms. The molecule has 2 heterocycles. The Morgan fingerprint density at radius 3 is 2.67 bits per heavy atom. The van der Waals surface area contributed by atoms with Gasteiger partial charge in [0, 0.05) is 24.9 Å². The van der Waals surface area contributed by atoms with Crippen molar-refractivity contribution in [3.63, 3.8) is 0 Å². The zero-order valence-corrected chi connectivity index (χ0v) is 12.5. The Kier molecular flexibility index (Phi) is 4.99. The van der Waals surface area contributed by atoms with E-state index in [9.17, 15) is 9.59 Å². The van der Waals surface area contributed by atoms with Crippen LogP contribution in [0.2, 0.25) is 0 Å². The number of nitrogens with one attached hydrogen (secondary N) is 2. The first-order valence-corrected chi connectivity index (χ1v) is 7.18. The molecule has 0 spiro atoms. The Balaban J connectivity index is 1.71. The molecule has 0 aliphatic rings. The van der Waals surface area contributed by atoms with E-state index in [1.165, 1.54) is 16.8 Å². The van der Waals surface area contributed by atoms with Crippen LogP contribution in [0.3, 0.4) is 0 Å². The molecule has 2 N–H and O–H groups in total. The number of hydrogen-bond acceptors (Lipinski definition) is 7. The first kappa shape index (κ1) is 15.1. The highest BCUT2D eigenvalue weighted by Crippen LogP contribution is 2.12. The summed E-state index contributed by atoms with van der Waals surface area (Å²) in [5, 5.41) is 16.8. The van der Waals surface area contributed by atoms with E-state index in [4.69, 9.17) is 4.52 Å². The summed E-state index contributed by atoms with van der Waals surface area (Å²) in [6.07, 6.45) is 0.195. The highest BCUT2D eigenvalue weighted by Gasteiger charge is 2.12. The maximum Gasteiger partial charge on any atom is 0.226 e. The number of aryl methyl sites for hydroxylation is 2. The van der Waals surface area contributed by atoms with E-state index >= 15 is 0 Å². The minimum Gasteiger partial charge on any atom is -0.361 e. The van der Waals surface area contributed by atoms with Gasteiger partial charge in [-0.1, -0.05) is 16.5 Å². The number of aromatic nitrogens is 3. The second-order valence-electron chi connectivity index (χ2n) is 4.37. The van der Waals surface area contributed by atoms with Gasteiger partial charge in [-0.15, -0.1) is 10.2 Å². The summed E-state index contributed by atoms with van der Waals surface area (Å²) < 4.78 is 5.01. The minimum atomic E-state index is -0.265. The van der Waals surface area contributed by atoms with Gasteiger partial charge in [0.1, 0.15) is 11.3 Å². The van der Waals surface area contributed by atoms with Crippen molar-refractivity contribution in [3.05, 3.63) is 22.5 Å². The fourth-order valence-electron chi connectivity index (χ4n) is 1.67. The highest BCUT2D eigenvalue weighted by molar-refractivity contribution is 7.13. The smallest absolute Gasteiger partial charge is 0.226 e. The van der Waals surface area contributed by atoms with E-state index in [-0.39, 0.29) is 24.7 Å². The normalized spacial score (nSPS) is 10.4. The summed E-state index contributed by atoms with van der Waals surface area (Å²) in [4.78, 5) is 23.3. The molecule has 2 aromatic heterocycles. The van der Waals surface area contributed by atoms with Crippen molar-refractivity contribution in [3.8, 4) is 0 Å². The molecule has 0 unspecified atom stereocenters. The minimum absolute atomic E-state index is 0.0903. The lowest BCUT2D eigenvalue weighted by atomic mass is 10.2. The van der Waals surface area contributed by atoms with Gasteiger partial charge in [0.15, 0.2) is 0 Å². The van der Waals surface area contributed by atoms with Crippen LogP contribution >= 0.6 is 11.3 Å². The van der Waals surface area contributed by atoms with Crippen LogP contribution in [0.15, 0.2) is 10.0 Å². The van der Waals surface area contributed by atoms with Gasteiger partial charge in [0.05, 0.1) is 5.69 Å². The van der Waals surface area contributed by atoms with Gasteiger partial charge < -0.3 is 15.2 Å². The Bertz CT molecular complexity index is 603. The van der Waals surface area contributed by atoms with Crippen molar-refractivity contribution >= 4 is 28.3 Å². The fraction of sp³-hybridized carbons (Fsp3) is 0.417. The van der Waals surface area contributed by atoms with Crippen LogP contribution in [0.1, 0.15) is 29.9 Å². The van der Waals surface area contributed by atoms with E-state index in [1.54, 1.807) is 6.92 Å². The quantitative estimate of drug-likeness (QED) is 0.829. The Morgan fingerprint density at radius 2 is 2.05 bits per heavy atom. The number of rotatable bonds is 6. The molecule has 2 amide bonds. The van der Waals surface area contributed by atoms with Crippen molar-refractivity contribution in [2.75, 3.05) is 5.32 Å². The third-order valence-electron chi connectivity index (χ3n) is 2.83. The van der Waals surface area contributed by atoms with Gasteiger partial charge in [-0.2, -0.15) is 0 Å². The van der Waals surface area contributed by atoms with E-state index in [1.807, 2.05) is 6.92 Å². The van der Waals surface area contributed by atoms with Crippen molar-refractivity contribution < 1.29 is 14.1 Å². The molecule has 0 saturated heterocycles. The molecule has 8 nitrogen and oxygen atoms in total. The molecule has 0 atom stereocenters. The molecule has 9 heteroatoms. The lowest BCUT2D eigenvalue weighted by Gasteiger charge is -2.04. The third-order valence-corrected chi connectivity index (χ3v) is 3.44. The van der Waals surface area contributed by atoms with Gasteiger partial charge in [-0.25, -0.2) is 0 Å². The molecular formula is C12H15N5O3S. The van der Waals surface area contributed by atoms with Crippen LogP contribution in [-0.2, 0) is 16.1 Å². The van der Waals surface area contributed by atoms with Crippen molar-refractivity contribution in [1.29, 1.82) is 0 Å². The molecule has 2 rings (SSSR count). The highest BCUT2D eigenvalue weighted by atomic mass is 32.1. The summed E-state index contributed by atoms with van der Waals surface area (Å²) >= 11 is 1.23. The lowest BCUT2D eigenvalue weighted by Crippen LogP contribution is -2.24. The van der Waals surface area contributed by atoms with Crippen LogP contribution in [0.4, 0.5) is 5.13 Å². The predicted molar refractivity (Wildman–Crippen MR) is 75.6 cm³/mol. The Hall–Kier alpha value is -2.29. The average Bonchev–Trinajstić information content (AvgIpc) is 3.06. The monoisotopic (exact) mass is 309 g/mol. The van der Waals surface area contributed by atoms with Crippen LogP contribution in [-0.4, -0.2) is 27.2 Å². The second-order valence-corrected chi connectivity index (χ2v) is 5.20. The number of carbonyl (C=O) groups is 2. The molecule has 0 aromatic carbocycles. The Morgan fingerprint density at radius 1 is 1.29 bits per heavy atom. The Labute approximate surface area is 124 Å². The van der Waals surface area contributed by atoms with E-state index in [2.05, 4.69) is 26.0 Å². The standard InChI is InChI=1S/C12H15N5O3S/c1-7-9(8(2)20-17-7)5-13-10(18)3-4-11(19)15-12-16-14-6-21-12/h6H,3-5H2,1-2H3,(H,13,18)(H,15,16,19). The molecule has 0 aliphatic heterocycles. The van der Waals surface area contributed by atoms with E-state index in [0.717, 1.165) is 11.3 Å². The molecule has 0 saturated carbocycles. The third kappa shape index (κ3) is 4.35. The summed E-state index contributed by atoms with van der Waals surface area (Å²) in [6, 6.07) is 0. The molecule has 0 aliphatic carbocycles. The van der Waals surface area contributed by atoms with Gasteiger partial charge in [0.2, 0.25) is 16.9 Å². The maximum absolute atomic E-state index is 11.7. The van der Waals surface area contributed by atoms with Crippen LogP contribution in [0.25, 0.3) is 0 Å². The molecule has 2 aromatic rings. The van der Waals surface area contributed by atoms with Crippen molar-refractivity contribution in [1.82, 2.24) is 20.7 Å². The number of amides is 2. The molecule has 0 fully saturated rings. The lowest BCUT2D eigenvalue weighted by molar-refractivity contribution is -0.124. The van der Waals surface area contributed by atoms with Crippen molar-refractivity contribution in [2.45, 2.75) is 33.2 Å². The predicted octanol–water partition coefficient (Wildman–Crippen LogP) is 1.18. The van der Waals surface area contributed by atoms with Gasteiger partial charge in [-0.3, -0.25) is 9.59 Å². The largest absolute Gasteiger partial charge is 0.361 e. The molecule has 0 radical (unpaired) electrons. The number of hydrogen-bond donors (Lipinski definition) is 2. The van der Waals surface area contributed by atoms with E-state index < -0.39 is 0 Å². The zero-order valence-electron chi connectivity index (χ0n) is 11.7. The molecule has 112 valence electrons.